The zero-order valence-electron chi connectivity index (χ0n) is 19.1. The van der Waals surface area contributed by atoms with Crippen molar-refractivity contribution in [2.45, 2.75) is 25.7 Å². The van der Waals surface area contributed by atoms with Gasteiger partial charge in [-0.25, -0.2) is 9.59 Å². The Kier molecular flexibility index (Phi) is 6.65. The number of thiophene rings is 1. The van der Waals surface area contributed by atoms with E-state index in [-0.39, 0.29) is 11.4 Å². The molecule has 1 aliphatic carbocycles. The SMILES string of the molecule is Cn1c(N)c(C(=O)COC(=O)c2c(NC(=O)c3cccnc3)sc3c2CCCC3)c(=O)n(C)c1=O. The normalized spacial score (nSPS) is 12.6. The van der Waals surface area contributed by atoms with Gasteiger partial charge in [-0.15, -0.1) is 11.3 Å². The molecule has 3 aromatic rings. The average molecular weight is 498 g/mol. The number of anilines is 2. The lowest BCUT2D eigenvalue weighted by Gasteiger charge is -2.13. The number of Topliss-reactive ketones (excluding diaryl/α,β-unsaturated/α-hetero) is 1. The smallest absolute Gasteiger partial charge is 0.341 e. The van der Waals surface area contributed by atoms with Crippen molar-refractivity contribution < 1.29 is 19.1 Å². The van der Waals surface area contributed by atoms with Crippen molar-refractivity contribution in [2.75, 3.05) is 17.7 Å². The second-order valence-corrected chi connectivity index (χ2v) is 9.18. The number of carbonyl (C=O) groups excluding carboxylic acids is 3. The van der Waals surface area contributed by atoms with Gasteiger partial charge in [0.15, 0.2) is 6.61 Å². The second kappa shape index (κ2) is 9.66. The molecule has 3 heterocycles. The van der Waals surface area contributed by atoms with Gasteiger partial charge in [0, 0.05) is 31.4 Å². The van der Waals surface area contributed by atoms with Crippen molar-refractivity contribution in [1.29, 1.82) is 0 Å². The van der Waals surface area contributed by atoms with Crippen LogP contribution in [0.1, 0.15) is 54.4 Å². The number of aromatic nitrogens is 3. The minimum Gasteiger partial charge on any atom is -0.454 e. The van der Waals surface area contributed by atoms with Gasteiger partial charge in [-0.05, 0) is 43.4 Å². The lowest BCUT2D eigenvalue weighted by molar-refractivity contribution is 0.0474. The van der Waals surface area contributed by atoms with Gasteiger partial charge in [-0.3, -0.25) is 28.5 Å². The van der Waals surface area contributed by atoms with Crippen molar-refractivity contribution in [2.24, 2.45) is 14.1 Å². The molecule has 0 bridgehead atoms. The number of ketones is 1. The summed E-state index contributed by atoms with van der Waals surface area (Å²) in [5, 5.41) is 3.10. The average Bonchev–Trinajstić information content (AvgIpc) is 3.23. The first kappa shape index (κ1) is 24.1. The van der Waals surface area contributed by atoms with E-state index in [1.807, 2.05) is 0 Å². The van der Waals surface area contributed by atoms with Crippen LogP contribution in [0, 0.1) is 0 Å². The number of nitrogens with one attached hydrogen (secondary N) is 1. The first-order valence-corrected chi connectivity index (χ1v) is 11.6. The van der Waals surface area contributed by atoms with Gasteiger partial charge >= 0.3 is 11.7 Å². The van der Waals surface area contributed by atoms with Crippen LogP contribution < -0.4 is 22.3 Å². The van der Waals surface area contributed by atoms with Crippen LogP contribution in [-0.2, 0) is 31.7 Å². The van der Waals surface area contributed by atoms with Crippen molar-refractivity contribution in [3.05, 3.63) is 72.5 Å². The Balaban J connectivity index is 1.60. The molecule has 0 aliphatic heterocycles. The van der Waals surface area contributed by atoms with E-state index in [2.05, 4.69) is 10.3 Å². The summed E-state index contributed by atoms with van der Waals surface area (Å²) in [6, 6.07) is 3.23. The maximum atomic E-state index is 13.1. The molecule has 0 aromatic carbocycles. The largest absolute Gasteiger partial charge is 0.454 e. The molecule has 0 fully saturated rings. The molecule has 4 rings (SSSR count). The Bertz CT molecular complexity index is 1450. The molecule has 1 aliphatic rings. The van der Waals surface area contributed by atoms with Crippen LogP contribution in [0.5, 0.6) is 0 Å². The number of fused-ring (bicyclic) bond motifs is 1. The van der Waals surface area contributed by atoms with Crippen LogP contribution in [0.3, 0.4) is 0 Å². The Hall–Kier alpha value is -4.06. The third kappa shape index (κ3) is 4.52. The summed E-state index contributed by atoms with van der Waals surface area (Å²) in [6.07, 6.45) is 6.21. The van der Waals surface area contributed by atoms with Gasteiger partial charge in [0.1, 0.15) is 16.4 Å². The first-order valence-electron chi connectivity index (χ1n) is 10.8. The molecular formula is C23H23N5O6S. The Morgan fingerprint density at radius 3 is 2.60 bits per heavy atom. The fourth-order valence-corrected chi connectivity index (χ4v) is 5.21. The molecule has 12 heteroatoms. The number of esters is 1. The molecule has 182 valence electrons. The number of nitrogen functional groups attached to an aromatic ring is 1. The molecule has 0 saturated heterocycles. The van der Waals surface area contributed by atoms with E-state index in [0.717, 1.165) is 38.8 Å². The summed E-state index contributed by atoms with van der Waals surface area (Å²) < 4.78 is 7.01. The Morgan fingerprint density at radius 2 is 1.89 bits per heavy atom. The van der Waals surface area contributed by atoms with Gasteiger partial charge in [-0.2, -0.15) is 0 Å². The number of carbonyl (C=O) groups is 3. The highest BCUT2D eigenvalue weighted by Gasteiger charge is 2.29. The van der Waals surface area contributed by atoms with Gasteiger partial charge in [0.2, 0.25) is 5.78 Å². The van der Waals surface area contributed by atoms with E-state index in [1.54, 1.807) is 18.3 Å². The molecule has 0 spiro atoms. The molecular weight excluding hydrogens is 474 g/mol. The maximum absolute atomic E-state index is 13.1. The topological polar surface area (TPSA) is 155 Å². The lowest BCUT2D eigenvalue weighted by Crippen LogP contribution is -2.42. The predicted octanol–water partition coefficient (Wildman–Crippen LogP) is 1.29. The van der Waals surface area contributed by atoms with E-state index in [9.17, 15) is 24.0 Å². The van der Waals surface area contributed by atoms with E-state index in [4.69, 9.17) is 10.5 Å². The summed E-state index contributed by atoms with van der Waals surface area (Å²) in [6.45, 7) is -0.753. The van der Waals surface area contributed by atoms with Gasteiger partial charge in [0.05, 0.1) is 11.1 Å². The Labute approximate surface area is 203 Å². The highest BCUT2D eigenvalue weighted by Crippen LogP contribution is 2.38. The molecule has 3 aromatic heterocycles. The summed E-state index contributed by atoms with van der Waals surface area (Å²) in [4.78, 5) is 67.9. The molecule has 35 heavy (non-hydrogen) atoms. The summed E-state index contributed by atoms with van der Waals surface area (Å²) in [5.41, 5.74) is 5.16. The second-order valence-electron chi connectivity index (χ2n) is 8.08. The van der Waals surface area contributed by atoms with Crippen molar-refractivity contribution in [1.82, 2.24) is 14.1 Å². The number of hydrogen-bond acceptors (Lipinski definition) is 9. The number of nitrogens with two attached hydrogens (primary N) is 1. The standard InChI is InChI=1S/C23H23N5O6S/c1-27-18(24)17(21(31)28(2)23(27)33)14(29)11-34-22(32)16-13-7-3-4-8-15(13)35-20(16)26-19(30)12-6-5-9-25-10-12/h5-6,9-10H,3-4,7-8,11,24H2,1-2H3,(H,26,30). The minimum atomic E-state index is -0.871. The van der Waals surface area contributed by atoms with E-state index < -0.39 is 41.1 Å². The van der Waals surface area contributed by atoms with Gasteiger partial charge in [-0.1, -0.05) is 0 Å². The van der Waals surface area contributed by atoms with Gasteiger partial charge < -0.3 is 15.8 Å². The highest BCUT2D eigenvalue weighted by atomic mass is 32.1. The van der Waals surface area contributed by atoms with Crippen LogP contribution in [0.4, 0.5) is 10.8 Å². The minimum absolute atomic E-state index is 0.205. The van der Waals surface area contributed by atoms with Crippen LogP contribution in [0.25, 0.3) is 0 Å². The predicted molar refractivity (Wildman–Crippen MR) is 129 cm³/mol. The quantitative estimate of drug-likeness (QED) is 0.381. The van der Waals surface area contributed by atoms with E-state index in [1.165, 1.54) is 31.6 Å². The van der Waals surface area contributed by atoms with Crippen LogP contribution in [-0.4, -0.2) is 38.4 Å². The molecule has 0 atom stereocenters. The maximum Gasteiger partial charge on any atom is 0.341 e. The zero-order chi connectivity index (χ0) is 25.3. The summed E-state index contributed by atoms with van der Waals surface area (Å²) in [5.74, 6) is -2.36. The third-order valence-electron chi connectivity index (χ3n) is 5.85. The number of ether oxygens (including phenoxy) is 1. The van der Waals surface area contributed by atoms with Crippen LogP contribution in [0.2, 0.25) is 0 Å². The number of rotatable bonds is 6. The Morgan fingerprint density at radius 1 is 1.14 bits per heavy atom. The number of amides is 1. The molecule has 11 nitrogen and oxygen atoms in total. The van der Waals surface area contributed by atoms with Gasteiger partial charge in [0.25, 0.3) is 11.5 Å². The van der Waals surface area contributed by atoms with Crippen molar-refractivity contribution in [3.63, 3.8) is 0 Å². The van der Waals surface area contributed by atoms with Crippen molar-refractivity contribution in [3.8, 4) is 0 Å². The fraction of sp³-hybridized carbons (Fsp3) is 0.304. The van der Waals surface area contributed by atoms with E-state index >= 15 is 0 Å². The van der Waals surface area contributed by atoms with Crippen LogP contribution in [0.15, 0.2) is 34.1 Å². The molecule has 0 saturated carbocycles. The molecule has 0 radical (unpaired) electrons. The monoisotopic (exact) mass is 497 g/mol. The summed E-state index contributed by atoms with van der Waals surface area (Å²) >= 11 is 1.30. The van der Waals surface area contributed by atoms with E-state index in [0.29, 0.717) is 17.0 Å². The molecule has 1 amide bonds. The number of aryl methyl sites for hydroxylation is 1. The number of pyridine rings is 1. The molecule has 3 N–H and O–H groups in total. The van der Waals surface area contributed by atoms with Crippen molar-refractivity contribution >= 4 is 39.8 Å². The molecule has 0 unspecified atom stereocenters. The lowest BCUT2D eigenvalue weighted by atomic mass is 9.95. The third-order valence-corrected chi connectivity index (χ3v) is 7.06. The van der Waals surface area contributed by atoms with Crippen LogP contribution >= 0.6 is 11.3 Å². The number of nitrogens with zero attached hydrogens (tertiary/aromatic N) is 3. The zero-order valence-corrected chi connectivity index (χ0v) is 19.9. The fourth-order valence-electron chi connectivity index (χ4n) is 3.94. The highest BCUT2D eigenvalue weighted by molar-refractivity contribution is 7.17. The summed E-state index contributed by atoms with van der Waals surface area (Å²) in [7, 11) is 2.55. The first-order chi connectivity index (χ1) is 16.7. The number of hydrogen-bond donors (Lipinski definition) is 2.